The maximum atomic E-state index is 12.6. The maximum Gasteiger partial charge on any atom is 0.233 e. The summed E-state index contributed by atoms with van der Waals surface area (Å²) in [5.41, 5.74) is 0.103. The van der Waals surface area contributed by atoms with Crippen molar-refractivity contribution >= 4 is 17.5 Å². The maximum absolute atomic E-state index is 12.6. The van der Waals surface area contributed by atoms with Gasteiger partial charge in [-0.05, 0) is 31.2 Å². The van der Waals surface area contributed by atoms with E-state index >= 15 is 0 Å². The third-order valence-corrected chi connectivity index (χ3v) is 4.60. The fourth-order valence-electron chi connectivity index (χ4n) is 3.28. The third-order valence-electron chi connectivity index (χ3n) is 4.60. The molecule has 1 unspecified atom stereocenters. The highest BCUT2D eigenvalue weighted by Crippen LogP contribution is 2.21. The van der Waals surface area contributed by atoms with E-state index in [2.05, 4.69) is 10.6 Å². The van der Waals surface area contributed by atoms with E-state index < -0.39 is 5.60 Å². The molecule has 8 nitrogen and oxygen atoms in total. The molecule has 0 radical (unpaired) electrons. The first-order chi connectivity index (χ1) is 13.1. The minimum absolute atomic E-state index is 0.197. The first kappa shape index (κ1) is 19.6. The normalized spacial score (nSPS) is 22.9. The number of amides is 2. The Morgan fingerprint density at radius 3 is 2.89 bits per heavy atom. The first-order valence-electron chi connectivity index (χ1n) is 9.33. The van der Waals surface area contributed by atoms with Crippen LogP contribution in [0.25, 0.3) is 0 Å². The SMILES string of the molecule is CCOc1ccc(NC(=O)CC(=O)N2CCOC3(CNCCOC3)C2)cc1. The number of hydrogen-bond donors (Lipinski definition) is 2. The summed E-state index contributed by atoms with van der Waals surface area (Å²) in [6.45, 7) is 6.32. The van der Waals surface area contributed by atoms with Crippen molar-refractivity contribution in [3.05, 3.63) is 24.3 Å². The quantitative estimate of drug-likeness (QED) is 0.732. The van der Waals surface area contributed by atoms with Gasteiger partial charge in [0.1, 0.15) is 17.8 Å². The lowest BCUT2D eigenvalue weighted by molar-refractivity contribution is -0.159. The van der Waals surface area contributed by atoms with Gasteiger partial charge in [-0.25, -0.2) is 0 Å². The topological polar surface area (TPSA) is 89.1 Å². The van der Waals surface area contributed by atoms with Crippen molar-refractivity contribution in [3.63, 3.8) is 0 Å². The van der Waals surface area contributed by atoms with E-state index in [1.165, 1.54) is 0 Å². The number of anilines is 1. The summed E-state index contributed by atoms with van der Waals surface area (Å²) >= 11 is 0. The molecule has 2 saturated heterocycles. The van der Waals surface area contributed by atoms with Gasteiger partial charge in [-0.2, -0.15) is 0 Å². The van der Waals surface area contributed by atoms with Crippen LogP contribution in [-0.4, -0.2) is 74.9 Å². The Morgan fingerprint density at radius 1 is 1.30 bits per heavy atom. The van der Waals surface area contributed by atoms with E-state index in [9.17, 15) is 9.59 Å². The van der Waals surface area contributed by atoms with Crippen LogP contribution in [0, 0.1) is 0 Å². The number of ether oxygens (including phenoxy) is 3. The van der Waals surface area contributed by atoms with Crippen molar-refractivity contribution in [3.8, 4) is 5.75 Å². The number of carbonyl (C=O) groups is 2. The Kier molecular flexibility index (Phi) is 6.65. The molecular formula is C19H27N3O5. The molecule has 2 amide bonds. The van der Waals surface area contributed by atoms with Crippen molar-refractivity contribution in [2.75, 3.05) is 57.9 Å². The average molecular weight is 377 g/mol. The first-order valence-corrected chi connectivity index (χ1v) is 9.33. The van der Waals surface area contributed by atoms with Crippen molar-refractivity contribution in [1.82, 2.24) is 10.2 Å². The highest BCUT2D eigenvalue weighted by atomic mass is 16.5. The lowest BCUT2D eigenvalue weighted by atomic mass is 10.0. The minimum Gasteiger partial charge on any atom is -0.494 e. The van der Waals surface area contributed by atoms with Crippen LogP contribution in [0.1, 0.15) is 13.3 Å². The summed E-state index contributed by atoms with van der Waals surface area (Å²) in [5.74, 6) is 0.203. The zero-order valence-electron chi connectivity index (χ0n) is 15.7. The second-order valence-electron chi connectivity index (χ2n) is 6.76. The van der Waals surface area contributed by atoms with Gasteiger partial charge in [0.2, 0.25) is 11.8 Å². The number of hydrogen-bond acceptors (Lipinski definition) is 6. The van der Waals surface area contributed by atoms with Gasteiger partial charge in [0, 0.05) is 25.3 Å². The smallest absolute Gasteiger partial charge is 0.233 e. The summed E-state index contributed by atoms with van der Waals surface area (Å²) in [6.07, 6.45) is -0.197. The van der Waals surface area contributed by atoms with Gasteiger partial charge in [-0.1, -0.05) is 0 Å². The monoisotopic (exact) mass is 377 g/mol. The third kappa shape index (κ3) is 5.41. The molecule has 0 saturated carbocycles. The highest BCUT2D eigenvalue weighted by molar-refractivity contribution is 6.03. The molecule has 1 aromatic carbocycles. The van der Waals surface area contributed by atoms with Gasteiger partial charge >= 0.3 is 0 Å². The molecule has 1 atom stereocenters. The molecule has 2 N–H and O–H groups in total. The van der Waals surface area contributed by atoms with E-state index in [1.54, 1.807) is 29.2 Å². The van der Waals surface area contributed by atoms with E-state index in [0.29, 0.717) is 51.7 Å². The molecule has 8 heteroatoms. The molecule has 1 spiro atoms. The Labute approximate surface area is 159 Å². The summed E-state index contributed by atoms with van der Waals surface area (Å²) in [4.78, 5) is 26.5. The Bertz CT molecular complexity index is 641. The van der Waals surface area contributed by atoms with E-state index in [-0.39, 0.29) is 18.2 Å². The summed E-state index contributed by atoms with van der Waals surface area (Å²) in [7, 11) is 0. The van der Waals surface area contributed by atoms with Gasteiger partial charge in [-0.15, -0.1) is 0 Å². The molecule has 2 aliphatic rings. The van der Waals surface area contributed by atoms with Crippen molar-refractivity contribution < 1.29 is 23.8 Å². The lowest BCUT2D eigenvalue weighted by Gasteiger charge is -2.41. The number of carbonyl (C=O) groups excluding carboxylic acids is 2. The van der Waals surface area contributed by atoms with Crippen LogP contribution in [0.2, 0.25) is 0 Å². The molecule has 3 rings (SSSR count). The predicted molar refractivity (Wildman–Crippen MR) is 99.8 cm³/mol. The molecule has 2 aliphatic heterocycles. The molecule has 2 heterocycles. The number of rotatable bonds is 5. The fraction of sp³-hybridized carbons (Fsp3) is 0.579. The van der Waals surface area contributed by atoms with Gasteiger partial charge in [-0.3, -0.25) is 9.59 Å². The minimum atomic E-state index is -0.532. The van der Waals surface area contributed by atoms with Gasteiger partial charge in [0.15, 0.2) is 0 Å². The van der Waals surface area contributed by atoms with E-state index in [0.717, 1.165) is 12.3 Å². The fourth-order valence-corrected chi connectivity index (χ4v) is 3.28. The van der Waals surface area contributed by atoms with Crippen LogP contribution in [-0.2, 0) is 19.1 Å². The van der Waals surface area contributed by atoms with Crippen molar-refractivity contribution in [1.29, 1.82) is 0 Å². The summed E-state index contributed by atoms with van der Waals surface area (Å²) in [5, 5.41) is 6.03. The zero-order valence-corrected chi connectivity index (χ0v) is 15.7. The summed E-state index contributed by atoms with van der Waals surface area (Å²) in [6, 6.07) is 7.08. The highest BCUT2D eigenvalue weighted by Gasteiger charge is 2.39. The van der Waals surface area contributed by atoms with Crippen LogP contribution in [0.4, 0.5) is 5.69 Å². The largest absolute Gasteiger partial charge is 0.494 e. The second kappa shape index (κ2) is 9.16. The standard InChI is InChI=1S/C19H27N3O5/c1-2-26-16-5-3-15(4-6-16)21-17(23)11-18(24)22-8-10-27-19(13-22)12-20-7-9-25-14-19/h3-6,20H,2,7-14H2,1H3,(H,21,23). The molecule has 148 valence electrons. The molecule has 27 heavy (non-hydrogen) atoms. The van der Waals surface area contributed by atoms with Crippen LogP contribution < -0.4 is 15.4 Å². The number of nitrogens with one attached hydrogen (secondary N) is 2. The Morgan fingerprint density at radius 2 is 2.11 bits per heavy atom. The van der Waals surface area contributed by atoms with Crippen molar-refractivity contribution in [2.45, 2.75) is 18.9 Å². The Hall–Kier alpha value is -2.16. The summed E-state index contributed by atoms with van der Waals surface area (Å²) < 4.78 is 16.9. The average Bonchev–Trinajstić information content (AvgIpc) is 2.89. The van der Waals surface area contributed by atoms with Crippen LogP contribution in [0.3, 0.4) is 0 Å². The van der Waals surface area contributed by atoms with E-state index in [4.69, 9.17) is 14.2 Å². The molecule has 0 bridgehead atoms. The van der Waals surface area contributed by atoms with Crippen LogP contribution in [0.5, 0.6) is 5.75 Å². The molecule has 0 aromatic heterocycles. The number of benzene rings is 1. The number of nitrogens with zero attached hydrogens (tertiary/aromatic N) is 1. The van der Waals surface area contributed by atoms with Crippen LogP contribution >= 0.6 is 0 Å². The van der Waals surface area contributed by atoms with Gasteiger partial charge < -0.3 is 29.7 Å². The predicted octanol–water partition coefficient (Wildman–Crippen LogP) is 0.631. The molecule has 0 aliphatic carbocycles. The van der Waals surface area contributed by atoms with Gasteiger partial charge in [0.05, 0.1) is 33.0 Å². The van der Waals surface area contributed by atoms with E-state index in [1.807, 2.05) is 6.92 Å². The molecule has 1 aromatic rings. The van der Waals surface area contributed by atoms with Crippen LogP contribution in [0.15, 0.2) is 24.3 Å². The molecule has 2 fully saturated rings. The zero-order chi connectivity index (χ0) is 19.1. The van der Waals surface area contributed by atoms with Gasteiger partial charge in [0.25, 0.3) is 0 Å². The van der Waals surface area contributed by atoms with Crippen molar-refractivity contribution in [2.24, 2.45) is 0 Å². The lowest BCUT2D eigenvalue weighted by Crippen LogP contribution is -2.59. The second-order valence-corrected chi connectivity index (χ2v) is 6.76. The number of morpholine rings is 1. The Balaban J connectivity index is 1.52. The molecular weight excluding hydrogens is 350 g/mol.